The van der Waals surface area contributed by atoms with Crippen LogP contribution in [0.15, 0.2) is 0 Å². The number of hydrogen-bond acceptors (Lipinski definition) is 2. The van der Waals surface area contributed by atoms with Crippen molar-refractivity contribution in [2.24, 2.45) is 11.8 Å². The summed E-state index contributed by atoms with van der Waals surface area (Å²) in [6, 6.07) is 1.47. The number of rotatable bonds is 6. The van der Waals surface area contributed by atoms with Crippen molar-refractivity contribution in [2.45, 2.75) is 128 Å². The zero-order valence-corrected chi connectivity index (χ0v) is 17.0. The van der Waals surface area contributed by atoms with Crippen LogP contribution in [0.4, 0.5) is 0 Å². The molecule has 3 rings (SSSR count). The Morgan fingerprint density at radius 2 is 1.20 bits per heavy atom. The highest BCUT2D eigenvalue weighted by atomic mass is 16.3. The maximum absolute atomic E-state index is 11.9. The molecular formula is C23H43NO. The van der Waals surface area contributed by atoms with E-state index in [0.717, 1.165) is 18.5 Å². The summed E-state index contributed by atoms with van der Waals surface area (Å²) >= 11 is 0. The molecule has 0 aromatic carbocycles. The zero-order valence-electron chi connectivity index (χ0n) is 17.0. The maximum Gasteiger partial charge on any atom is 0.0704 e. The predicted molar refractivity (Wildman–Crippen MR) is 107 cm³/mol. The van der Waals surface area contributed by atoms with Crippen LogP contribution in [0.2, 0.25) is 0 Å². The van der Waals surface area contributed by atoms with Crippen molar-refractivity contribution in [1.82, 2.24) is 4.90 Å². The van der Waals surface area contributed by atoms with E-state index >= 15 is 0 Å². The van der Waals surface area contributed by atoms with Crippen LogP contribution in [-0.4, -0.2) is 34.2 Å². The molecular weight excluding hydrogens is 306 g/mol. The van der Waals surface area contributed by atoms with Crippen LogP contribution in [0.3, 0.4) is 0 Å². The van der Waals surface area contributed by atoms with Crippen LogP contribution in [0.25, 0.3) is 0 Å². The largest absolute Gasteiger partial charge is 0.389 e. The molecule has 1 heterocycles. The number of likely N-dealkylation sites (tertiary alicyclic amines) is 1. The lowest BCUT2D eigenvalue weighted by Crippen LogP contribution is -2.48. The van der Waals surface area contributed by atoms with Crippen molar-refractivity contribution >= 4 is 0 Å². The summed E-state index contributed by atoms with van der Waals surface area (Å²) in [6.45, 7) is 6.01. The first kappa shape index (κ1) is 19.7. The minimum Gasteiger partial charge on any atom is -0.389 e. The Morgan fingerprint density at radius 1 is 0.720 bits per heavy atom. The fraction of sp³-hybridized carbons (Fsp3) is 1.00. The second-order valence-corrected chi connectivity index (χ2v) is 9.63. The molecule has 2 saturated carbocycles. The monoisotopic (exact) mass is 349 g/mol. The number of nitrogens with zero attached hydrogens (tertiary/aromatic N) is 1. The molecule has 3 fully saturated rings. The van der Waals surface area contributed by atoms with Gasteiger partial charge in [-0.05, 0) is 83.6 Å². The van der Waals surface area contributed by atoms with E-state index in [1.54, 1.807) is 0 Å². The number of hydrogen-bond donors (Lipinski definition) is 1. The van der Waals surface area contributed by atoms with Crippen LogP contribution < -0.4 is 0 Å². The van der Waals surface area contributed by atoms with Crippen molar-refractivity contribution in [1.29, 1.82) is 0 Å². The fourth-order valence-electron chi connectivity index (χ4n) is 6.41. The summed E-state index contributed by atoms with van der Waals surface area (Å²) in [5, 5.41) is 11.9. The van der Waals surface area contributed by atoms with Gasteiger partial charge in [-0.1, -0.05) is 44.9 Å². The van der Waals surface area contributed by atoms with Gasteiger partial charge in [-0.25, -0.2) is 0 Å². The molecule has 0 unspecified atom stereocenters. The first-order chi connectivity index (χ1) is 12.1. The highest BCUT2D eigenvalue weighted by Gasteiger charge is 2.43. The van der Waals surface area contributed by atoms with Crippen LogP contribution in [0.1, 0.15) is 110 Å². The van der Waals surface area contributed by atoms with Crippen LogP contribution in [0, 0.1) is 11.8 Å². The lowest BCUT2D eigenvalue weighted by atomic mass is 9.64. The first-order valence-electron chi connectivity index (χ1n) is 11.6. The van der Waals surface area contributed by atoms with Crippen LogP contribution in [0.5, 0.6) is 0 Å². The van der Waals surface area contributed by atoms with Gasteiger partial charge in [0, 0.05) is 12.1 Å². The van der Waals surface area contributed by atoms with E-state index in [2.05, 4.69) is 18.7 Å². The van der Waals surface area contributed by atoms with Gasteiger partial charge in [0.05, 0.1) is 5.60 Å². The second-order valence-electron chi connectivity index (χ2n) is 9.63. The number of aliphatic hydroxyl groups is 1. The molecule has 0 spiro atoms. The molecule has 0 radical (unpaired) electrons. The third-order valence-corrected chi connectivity index (χ3v) is 7.99. The standard InChI is InChI=1S/C23H43NO/c1-19-11-9-12-20(2)24(19)18-10-17-23(25,21-13-5-3-6-14-21)22-15-7-4-8-16-22/h19-22,25H,3-18H2,1-2H3/t19-,20+. The molecule has 0 bridgehead atoms. The third kappa shape index (κ3) is 4.80. The molecule has 0 amide bonds. The Morgan fingerprint density at radius 3 is 1.68 bits per heavy atom. The Bertz CT molecular complexity index is 356. The van der Waals surface area contributed by atoms with Gasteiger partial charge in [0.1, 0.15) is 0 Å². The van der Waals surface area contributed by atoms with Gasteiger partial charge < -0.3 is 5.11 Å². The molecule has 2 heteroatoms. The average molecular weight is 350 g/mol. The average Bonchev–Trinajstić information content (AvgIpc) is 2.65. The Kier molecular flexibility index (Phi) is 7.26. The summed E-state index contributed by atoms with van der Waals surface area (Å²) in [6.07, 6.45) is 19.7. The van der Waals surface area contributed by atoms with Gasteiger partial charge in [-0.2, -0.15) is 0 Å². The highest BCUT2D eigenvalue weighted by molar-refractivity contribution is 4.95. The topological polar surface area (TPSA) is 23.5 Å². The molecule has 1 N–H and O–H groups in total. The van der Waals surface area contributed by atoms with Crippen molar-refractivity contribution in [3.63, 3.8) is 0 Å². The SMILES string of the molecule is C[C@@H]1CCC[C@H](C)N1CCCC(O)(C1CCCCC1)C1CCCCC1. The molecule has 3 aliphatic rings. The summed E-state index contributed by atoms with van der Waals surface area (Å²) in [5.41, 5.74) is -0.358. The second kappa shape index (κ2) is 9.22. The summed E-state index contributed by atoms with van der Waals surface area (Å²) in [4.78, 5) is 2.73. The molecule has 1 saturated heterocycles. The maximum atomic E-state index is 11.9. The van der Waals surface area contributed by atoms with Gasteiger partial charge in [0.15, 0.2) is 0 Å². The van der Waals surface area contributed by atoms with Gasteiger partial charge in [-0.15, -0.1) is 0 Å². The van der Waals surface area contributed by atoms with Crippen molar-refractivity contribution in [2.75, 3.05) is 6.54 Å². The molecule has 146 valence electrons. The lowest BCUT2D eigenvalue weighted by molar-refractivity contribution is -0.100. The van der Waals surface area contributed by atoms with Gasteiger partial charge in [-0.3, -0.25) is 4.90 Å². The normalized spacial score (nSPS) is 31.3. The lowest BCUT2D eigenvalue weighted by Gasteiger charge is -2.46. The molecule has 1 aliphatic heterocycles. The van der Waals surface area contributed by atoms with E-state index in [1.807, 2.05) is 0 Å². The predicted octanol–water partition coefficient (Wildman–Crippen LogP) is 5.92. The van der Waals surface area contributed by atoms with E-state index in [4.69, 9.17) is 0 Å². The minimum absolute atomic E-state index is 0.358. The van der Waals surface area contributed by atoms with Gasteiger partial charge in [0.2, 0.25) is 0 Å². The smallest absolute Gasteiger partial charge is 0.0704 e. The minimum atomic E-state index is -0.358. The van der Waals surface area contributed by atoms with Crippen molar-refractivity contribution in [3.05, 3.63) is 0 Å². The van der Waals surface area contributed by atoms with Crippen LogP contribution >= 0.6 is 0 Å². The Labute approximate surface area is 156 Å². The van der Waals surface area contributed by atoms with Gasteiger partial charge in [0.25, 0.3) is 0 Å². The molecule has 25 heavy (non-hydrogen) atoms. The number of piperidine rings is 1. The van der Waals surface area contributed by atoms with E-state index in [1.165, 1.54) is 96.4 Å². The molecule has 2 atom stereocenters. The summed E-state index contributed by atoms with van der Waals surface area (Å²) in [5.74, 6) is 1.17. The highest BCUT2D eigenvalue weighted by Crippen LogP contribution is 2.45. The van der Waals surface area contributed by atoms with E-state index in [0.29, 0.717) is 11.8 Å². The van der Waals surface area contributed by atoms with Crippen LogP contribution in [-0.2, 0) is 0 Å². The van der Waals surface area contributed by atoms with Gasteiger partial charge >= 0.3 is 0 Å². The summed E-state index contributed by atoms with van der Waals surface area (Å²) in [7, 11) is 0. The Balaban J connectivity index is 1.60. The quantitative estimate of drug-likeness (QED) is 0.643. The molecule has 0 aromatic heterocycles. The fourth-order valence-corrected chi connectivity index (χ4v) is 6.41. The van der Waals surface area contributed by atoms with E-state index in [-0.39, 0.29) is 5.60 Å². The Hall–Kier alpha value is -0.0800. The zero-order chi connectivity index (χ0) is 17.7. The first-order valence-corrected chi connectivity index (χ1v) is 11.6. The molecule has 2 nitrogen and oxygen atoms in total. The summed E-state index contributed by atoms with van der Waals surface area (Å²) < 4.78 is 0. The molecule has 2 aliphatic carbocycles. The van der Waals surface area contributed by atoms with Crippen molar-refractivity contribution < 1.29 is 5.11 Å². The third-order valence-electron chi connectivity index (χ3n) is 7.99. The van der Waals surface area contributed by atoms with Crippen molar-refractivity contribution in [3.8, 4) is 0 Å². The van der Waals surface area contributed by atoms with E-state index < -0.39 is 0 Å². The molecule has 0 aromatic rings. The van der Waals surface area contributed by atoms with E-state index in [9.17, 15) is 5.11 Å².